The van der Waals surface area contributed by atoms with Gasteiger partial charge in [0.1, 0.15) is 5.56 Å². The van der Waals surface area contributed by atoms with Crippen molar-refractivity contribution < 1.29 is 9.72 Å². The molecular weight excluding hydrogens is 296 g/mol. The zero-order chi connectivity index (χ0) is 15.4. The van der Waals surface area contributed by atoms with Gasteiger partial charge in [0.25, 0.3) is 5.91 Å². The maximum Gasteiger partial charge on any atom is 0.319 e. The van der Waals surface area contributed by atoms with Crippen molar-refractivity contribution in [1.29, 1.82) is 0 Å². The Balaban J connectivity index is 2.01. The highest BCUT2D eigenvalue weighted by molar-refractivity contribution is 6.32. The summed E-state index contributed by atoms with van der Waals surface area (Å²) in [4.78, 5) is 28.3. The number of halogens is 1. The molecule has 1 saturated heterocycles. The van der Waals surface area contributed by atoms with Crippen LogP contribution >= 0.6 is 11.6 Å². The first kappa shape index (κ1) is 15.7. The second kappa shape index (κ2) is 6.82. The molecule has 2 rings (SSSR count). The lowest BCUT2D eigenvalue weighted by Crippen LogP contribution is -2.37. The predicted octanol–water partition coefficient (Wildman–Crippen LogP) is 1.71. The normalized spacial score (nSPS) is 16.7. The summed E-state index contributed by atoms with van der Waals surface area (Å²) < 4.78 is 0. The smallest absolute Gasteiger partial charge is 0.319 e. The van der Waals surface area contributed by atoms with Gasteiger partial charge in [-0.2, -0.15) is 0 Å². The molecular formula is C13H17ClN4O3. The second-order valence-corrected chi connectivity index (χ2v) is 5.57. The molecule has 1 aromatic rings. The number of pyridine rings is 1. The number of amides is 1. The Kier molecular flexibility index (Phi) is 5.08. The third-order valence-corrected chi connectivity index (χ3v) is 3.97. The van der Waals surface area contributed by atoms with Crippen LogP contribution in [-0.4, -0.2) is 47.4 Å². The van der Waals surface area contributed by atoms with Crippen molar-refractivity contribution in [3.8, 4) is 0 Å². The van der Waals surface area contributed by atoms with Crippen molar-refractivity contribution in [3.63, 3.8) is 0 Å². The van der Waals surface area contributed by atoms with Crippen molar-refractivity contribution in [1.82, 2.24) is 15.2 Å². The van der Waals surface area contributed by atoms with E-state index in [1.165, 1.54) is 12.3 Å². The summed E-state index contributed by atoms with van der Waals surface area (Å²) in [5.41, 5.74) is -0.493. The standard InChI is InChI=1S/C13H17ClN4O3/c1-17-6-3-9(4-7-17)8-16-13(19)10-2-5-15-12(14)11(10)18(20)21/h2,5,9H,3-4,6-8H2,1H3,(H,16,19). The lowest BCUT2D eigenvalue weighted by molar-refractivity contribution is -0.385. The van der Waals surface area contributed by atoms with Gasteiger partial charge >= 0.3 is 5.69 Å². The zero-order valence-electron chi connectivity index (χ0n) is 11.7. The quantitative estimate of drug-likeness (QED) is 0.519. The molecule has 0 atom stereocenters. The molecule has 1 N–H and O–H groups in total. The minimum absolute atomic E-state index is 0.0482. The van der Waals surface area contributed by atoms with Crippen LogP contribution in [0.25, 0.3) is 0 Å². The lowest BCUT2D eigenvalue weighted by Gasteiger charge is -2.28. The number of nitro groups is 1. The topological polar surface area (TPSA) is 88.4 Å². The molecule has 21 heavy (non-hydrogen) atoms. The molecule has 1 amide bonds. The summed E-state index contributed by atoms with van der Waals surface area (Å²) in [6, 6.07) is 1.31. The molecule has 8 heteroatoms. The molecule has 0 aliphatic carbocycles. The van der Waals surface area contributed by atoms with Crippen molar-refractivity contribution in [2.45, 2.75) is 12.8 Å². The van der Waals surface area contributed by atoms with E-state index in [1.807, 2.05) is 0 Å². The third-order valence-electron chi connectivity index (χ3n) is 3.70. The molecule has 0 spiro atoms. The molecule has 7 nitrogen and oxygen atoms in total. The molecule has 1 aliphatic rings. The Hall–Kier alpha value is -1.73. The Labute approximate surface area is 127 Å². The van der Waals surface area contributed by atoms with Gasteiger partial charge in [-0.05, 0) is 45.0 Å². The summed E-state index contributed by atoms with van der Waals surface area (Å²) in [7, 11) is 2.07. The fourth-order valence-corrected chi connectivity index (χ4v) is 2.61. The van der Waals surface area contributed by atoms with E-state index < -0.39 is 16.5 Å². The molecule has 1 fully saturated rings. The lowest BCUT2D eigenvalue weighted by atomic mass is 9.97. The molecule has 0 saturated carbocycles. The molecule has 114 valence electrons. The highest BCUT2D eigenvalue weighted by atomic mass is 35.5. The summed E-state index contributed by atoms with van der Waals surface area (Å²) in [6.07, 6.45) is 3.31. The Morgan fingerprint density at radius 3 is 2.86 bits per heavy atom. The van der Waals surface area contributed by atoms with Crippen molar-refractivity contribution in [2.24, 2.45) is 5.92 Å². The maximum absolute atomic E-state index is 12.1. The van der Waals surface area contributed by atoms with E-state index in [0.29, 0.717) is 12.5 Å². The number of nitrogens with zero attached hydrogens (tertiary/aromatic N) is 3. The number of rotatable bonds is 4. The molecule has 0 unspecified atom stereocenters. The number of carbonyl (C=O) groups excluding carboxylic acids is 1. The molecule has 0 bridgehead atoms. The Morgan fingerprint density at radius 2 is 2.24 bits per heavy atom. The third kappa shape index (κ3) is 3.89. The monoisotopic (exact) mass is 312 g/mol. The minimum atomic E-state index is -0.681. The largest absolute Gasteiger partial charge is 0.352 e. The number of hydrogen-bond donors (Lipinski definition) is 1. The maximum atomic E-state index is 12.1. The minimum Gasteiger partial charge on any atom is -0.352 e. The van der Waals surface area contributed by atoms with Gasteiger partial charge in [-0.1, -0.05) is 11.6 Å². The average Bonchev–Trinajstić information content (AvgIpc) is 2.45. The SMILES string of the molecule is CN1CCC(CNC(=O)c2ccnc(Cl)c2[N+](=O)[O-])CC1. The number of hydrogen-bond acceptors (Lipinski definition) is 5. The fourth-order valence-electron chi connectivity index (χ4n) is 2.38. The van der Waals surface area contributed by atoms with Crippen LogP contribution in [0.3, 0.4) is 0 Å². The summed E-state index contributed by atoms with van der Waals surface area (Å²) >= 11 is 5.70. The van der Waals surface area contributed by atoms with Crippen LogP contribution in [0.1, 0.15) is 23.2 Å². The van der Waals surface area contributed by atoms with Crippen molar-refractivity contribution in [3.05, 3.63) is 33.1 Å². The molecule has 2 heterocycles. The first-order valence-corrected chi connectivity index (χ1v) is 7.12. The van der Waals surface area contributed by atoms with E-state index >= 15 is 0 Å². The average molecular weight is 313 g/mol. The first-order valence-electron chi connectivity index (χ1n) is 6.74. The van der Waals surface area contributed by atoms with Gasteiger partial charge in [-0.3, -0.25) is 14.9 Å². The fraction of sp³-hybridized carbons (Fsp3) is 0.538. The van der Waals surface area contributed by atoms with Gasteiger partial charge in [-0.15, -0.1) is 0 Å². The van der Waals surface area contributed by atoms with Gasteiger partial charge in [0, 0.05) is 12.7 Å². The summed E-state index contributed by atoms with van der Waals surface area (Å²) in [5.74, 6) is -0.0774. The molecule has 0 radical (unpaired) electrons. The summed E-state index contributed by atoms with van der Waals surface area (Å²) in [5, 5.41) is 13.5. The van der Waals surface area contributed by atoms with E-state index in [9.17, 15) is 14.9 Å². The highest BCUT2D eigenvalue weighted by Crippen LogP contribution is 2.26. The van der Waals surface area contributed by atoms with Crippen LogP contribution in [0.4, 0.5) is 5.69 Å². The van der Waals surface area contributed by atoms with Gasteiger partial charge in [-0.25, -0.2) is 4.98 Å². The van der Waals surface area contributed by atoms with Gasteiger partial charge in [0.15, 0.2) is 0 Å². The predicted molar refractivity (Wildman–Crippen MR) is 78.5 cm³/mol. The molecule has 0 aromatic carbocycles. The zero-order valence-corrected chi connectivity index (χ0v) is 12.5. The Bertz CT molecular complexity index is 544. The van der Waals surface area contributed by atoms with Gasteiger partial charge < -0.3 is 10.2 Å². The van der Waals surface area contributed by atoms with E-state index in [-0.39, 0.29) is 10.7 Å². The van der Waals surface area contributed by atoms with Crippen molar-refractivity contribution in [2.75, 3.05) is 26.7 Å². The van der Waals surface area contributed by atoms with E-state index in [2.05, 4.69) is 22.2 Å². The van der Waals surface area contributed by atoms with Crippen LogP contribution in [0.5, 0.6) is 0 Å². The number of aromatic nitrogens is 1. The Morgan fingerprint density at radius 1 is 1.57 bits per heavy atom. The van der Waals surface area contributed by atoms with E-state index in [0.717, 1.165) is 25.9 Å². The number of likely N-dealkylation sites (tertiary alicyclic amines) is 1. The van der Waals surface area contributed by atoms with Crippen molar-refractivity contribution >= 4 is 23.2 Å². The number of carbonyl (C=O) groups is 1. The van der Waals surface area contributed by atoms with Crippen LogP contribution in [0, 0.1) is 16.0 Å². The van der Waals surface area contributed by atoms with E-state index in [1.54, 1.807) is 0 Å². The first-order chi connectivity index (χ1) is 9.99. The van der Waals surface area contributed by atoms with E-state index in [4.69, 9.17) is 11.6 Å². The highest BCUT2D eigenvalue weighted by Gasteiger charge is 2.25. The van der Waals surface area contributed by atoms with Crippen LogP contribution in [0.15, 0.2) is 12.3 Å². The molecule has 1 aliphatic heterocycles. The molecule has 1 aromatic heterocycles. The number of nitrogens with one attached hydrogen (secondary N) is 1. The summed E-state index contributed by atoms with van der Waals surface area (Å²) in [6.45, 7) is 2.52. The second-order valence-electron chi connectivity index (χ2n) is 5.21. The van der Waals surface area contributed by atoms with Gasteiger partial charge in [0.05, 0.1) is 4.92 Å². The number of piperidine rings is 1. The van der Waals surface area contributed by atoms with Crippen LogP contribution < -0.4 is 5.32 Å². The van der Waals surface area contributed by atoms with Gasteiger partial charge in [0.2, 0.25) is 5.15 Å². The van der Waals surface area contributed by atoms with Crippen LogP contribution in [0.2, 0.25) is 5.15 Å². The van der Waals surface area contributed by atoms with Crippen LogP contribution in [-0.2, 0) is 0 Å².